The van der Waals surface area contributed by atoms with E-state index in [4.69, 9.17) is 5.73 Å². The molecule has 0 spiro atoms. The molecule has 11 heteroatoms. The number of benzene rings is 2. The molecule has 1 aliphatic carbocycles. The van der Waals surface area contributed by atoms with Crippen molar-refractivity contribution in [2.24, 2.45) is 5.73 Å². The number of hydrogen-bond acceptors (Lipinski definition) is 9. The molecule has 3 aromatic rings. The normalized spacial score (nSPS) is 17.3. The number of thioether (sulfide) groups is 1. The van der Waals surface area contributed by atoms with Gasteiger partial charge in [-0.15, -0.1) is 10.2 Å². The van der Waals surface area contributed by atoms with E-state index < -0.39 is 11.7 Å². The largest absolute Gasteiger partial charge is 0.384 e. The number of halogens is 1. The quantitative estimate of drug-likeness (QED) is 0.413. The van der Waals surface area contributed by atoms with E-state index in [0.717, 1.165) is 11.3 Å². The number of allylic oxidation sites excluding steroid dienone is 3. The number of ketones is 1. The molecule has 0 saturated heterocycles. The summed E-state index contributed by atoms with van der Waals surface area (Å²) in [6.45, 7) is 1.92. The van der Waals surface area contributed by atoms with Crippen LogP contribution in [0.3, 0.4) is 0 Å². The van der Waals surface area contributed by atoms with Crippen LogP contribution in [0.25, 0.3) is 0 Å². The van der Waals surface area contributed by atoms with Crippen LogP contribution in [0.1, 0.15) is 36.3 Å². The Morgan fingerprint density at radius 1 is 1.24 bits per heavy atom. The summed E-state index contributed by atoms with van der Waals surface area (Å²) in [5.74, 6) is -1.49. The molecule has 2 aromatic carbocycles. The summed E-state index contributed by atoms with van der Waals surface area (Å²) < 4.78 is 15.4. The SMILES string of the molecule is Cc1ccccc1NC(=O)CSc1nnc(N2C(N)=C(C#N)C(c3ccccc3F)C3=C2CCCC3=O)s1. The first-order valence-electron chi connectivity index (χ1n) is 11.9. The number of hydrogen-bond donors (Lipinski definition) is 2. The molecule has 1 aromatic heterocycles. The first-order chi connectivity index (χ1) is 18.4. The third kappa shape index (κ3) is 4.80. The Hall–Kier alpha value is -4.01. The molecule has 5 rings (SSSR count). The number of Topliss-reactive ketones (excluding diaryl/α,β-unsaturated/α-hetero) is 1. The van der Waals surface area contributed by atoms with Crippen LogP contribution in [0.15, 0.2) is 75.5 Å². The van der Waals surface area contributed by atoms with Gasteiger partial charge in [-0.25, -0.2) is 4.39 Å². The second-order valence-corrected chi connectivity index (χ2v) is 11.0. The standard InChI is InChI=1S/C27H23FN6O2S2/c1-15-7-2-5-10-19(15)31-22(36)14-37-27-33-32-26(38-27)34-20-11-6-12-21(35)24(20)23(17(13-29)25(34)30)16-8-3-4-9-18(16)28/h2-5,7-10,23H,6,11-12,14,30H2,1H3,(H,31,36). The maximum absolute atomic E-state index is 14.9. The number of nitrogens with one attached hydrogen (secondary N) is 1. The van der Waals surface area contributed by atoms with Crippen molar-refractivity contribution in [3.8, 4) is 6.07 Å². The number of anilines is 2. The summed E-state index contributed by atoms with van der Waals surface area (Å²) in [4.78, 5) is 27.2. The molecule has 3 N–H and O–H groups in total. The van der Waals surface area contributed by atoms with Gasteiger partial charge in [-0.2, -0.15) is 5.26 Å². The smallest absolute Gasteiger partial charge is 0.234 e. The Morgan fingerprint density at radius 2 is 2.00 bits per heavy atom. The summed E-state index contributed by atoms with van der Waals surface area (Å²) in [7, 11) is 0. The summed E-state index contributed by atoms with van der Waals surface area (Å²) in [6, 6.07) is 15.8. The van der Waals surface area contributed by atoms with Crippen molar-refractivity contribution in [2.45, 2.75) is 36.4 Å². The lowest BCUT2D eigenvalue weighted by molar-refractivity contribution is -0.116. The zero-order valence-corrected chi connectivity index (χ0v) is 22.0. The van der Waals surface area contributed by atoms with Crippen molar-refractivity contribution in [1.82, 2.24) is 10.2 Å². The molecular formula is C27H23FN6O2S2. The number of aryl methyl sites for hydroxylation is 1. The Morgan fingerprint density at radius 3 is 2.76 bits per heavy atom. The molecule has 1 aliphatic heterocycles. The molecule has 0 radical (unpaired) electrons. The van der Waals surface area contributed by atoms with Crippen molar-refractivity contribution in [3.05, 3.63) is 88.1 Å². The monoisotopic (exact) mass is 546 g/mol. The number of nitriles is 1. The fraction of sp³-hybridized carbons (Fsp3) is 0.222. The number of nitrogens with zero attached hydrogens (tertiary/aromatic N) is 4. The second kappa shape index (κ2) is 10.8. The van der Waals surface area contributed by atoms with Crippen molar-refractivity contribution in [1.29, 1.82) is 5.26 Å². The van der Waals surface area contributed by atoms with E-state index in [1.54, 1.807) is 23.1 Å². The van der Waals surface area contributed by atoms with Gasteiger partial charge in [0.05, 0.1) is 23.3 Å². The molecule has 1 unspecified atom stereocenters. The molecule has 192 valence electrons. The van der Waals surface area contributed by atoms with Gasteiger partial charge in [0.15, 0.2) is 10.1 Å². The number of para-hydroxylation sites is 1. The van der Waals surface area contributed by atoms with Gasteiger partial charge in [-0.05, 0) is 37.5 Å². The van der Waals surface area contributed by atoms with Crippen LogP contribution < -0.4 is 16.0 Å². The molecule has 2 aliphatic rings. The highest BCUT2D eigenvalue weighted by atomic mass is 32.2. The number of carbonyl (C=O) groups excluding carboxylic acids is 2. The van der Waals surface area contributed by atoms with Crippen molar-refractivity contribution in [2.75, 3.05) is 16.0 Å². The van der Waals surface area contributed by atoms with E-state index in [0.29, 0.717) is 40.0 Å². The van der Waals surface area contributed by atoms with Gasteiger partial charge in [0.2, 0.25) is 11.0 Å². The van der Waals surface area contributed by atoms with Crippen molar-refractivity contribution in [3.63, 3.8) is 0 Å². The van der Waals surface area contributed by atoms with Gasteiger partial charge in [0.1, 0.15) is 11.6 Å². The number of rotatable bonds is 6. The van der Waals surface area contributed by atoms with Crippen molar-refractivity contribution < 1.29 is 14.0 Å². The van der Waals surface area contributed by atoms with Gasteiger partial charge in [0, 0.05) is 28.9 Å². The first kappa shape index (κ1) is 25.6. The fourth-order valence-corrected chi connectivity index (χ4v) is 6.38. The third-order valence-corrected chi connectivity index (χ3v) is 8.50. The van der Waals surface area contributed by atoms with Crippen LogP contribution in [0.4, 0.5) is 15.2 Å². The van der Waals surface area contributed by atoms with Crippen LogP contribution in [-0.2, 0) is 9.59 Å². The van der Waals surface area contributed by atoms with E-state index >= 15 is 0 Å². The predicted octanol–water partition coefficient (Wildman–Crippen LogP) is 5.02. The minimum atomic E-state index is -0.882. The molecule has 2 heterocycles. The van der Waals surface area contributed by atoms with E-state index in [1.807, 2.05) is 31.2 Å². The van der Waals surface area contributed by atoms with Crippen LogP contribution in [0.5, 0.6) is 0 Å². The molecular weight excluding hydrogens is 523 g/mol. The number of nitrogens with two attached hydrogens (primary N) is 1. The first-order valence-corrected chi connectivity index (χ1v) is 13.7. The Kier molecular flexibility index (Phi) is 7.26. The number of amides is 1. The third-order valence-electron chi connectivity index (χ3n) is 6.46. The molecule has 0 fully saturated rings. The zero-order chi connectivity index (χ0) is 26.8. The Labute approximate surface area is 227 Å². The maximum atomic E-state index is 14.9. The van der Waals surface area contributed by atoms with Crippen LogP contribution in [-0.4, -0.2) is 27.6 Å². The molecule has 1 atom stereocenters. The van der Waals surface area contributed by atoms with E-state index in [9.17, 15) is 19.2 Å². The lowest BCUT2D eigenvalue weighted by atomic mass is 9.75. The highest BCUT2D eigenvalue weighted by molar-refractivity contribution is 8.01. The van der Waals surface area contributed by atoms with E-state index in [-0.39, 0.29) is 34.4 Å². The average Bonchev–Trinajstić information content (AvgIpc) is 3.37. The summed E-state index contributed by atoms with van der Waals surface area (Å²) in [5, 5.41) is 21.8. The molecule has 0 saturated carbocycles. The topological polar surface area (TPSA) is 125 Å². The van der Waals surface area contributed by atoms with E-state index in [2.05, 4.69) is 21.6 Å². The van der Waals surface area contributed by atoms with Gasteiger partial charge in [-0.3, -0.25) is 14.5 Å². The minimum Gasteiger partial charge on any atom is -0.384 e. The molecule has 0 bridgehead atoms. The lowest BCUT2D eigenvalue weighted by Crippen LogP contribution is -2.38. The number of carbonyl (C=O) groups is 2. The highest BCUT2D eigenvalue weighted by Crippen LogP contribution is 2.47. The maximum Gasteiger partial charge on any atom is 0.234 e. The van der Waals surface area contributed by atoms with Crippen LogP contribution in [0.2, 0.25) is 0 Å². The van der Waals surface area contributed by atoms with E-state index in [1.165, 1.54) is 29.2 Å². The Balaban J connectivity index is 1.44. The van der Waals surface area contributed by atoms with Gasteiger partial charge < -0.3 is 11.1 Å². The Bertz CT molecular complexity index is 1540. The fourth-order valence-electron chi connectivity index (χ4n) is 4.70. The van der Waals surface area contributed by atoms with Gasteiger partial charge in [-0.1, -0.05) is 59.5 Å². The molecule has 1 amide bonds. The van der Waals surface area contributed by atoms with Crippen molar-refractivity contribution >= 4 is 45.6 Å². The highest BCUT2D eigenvalue weighted by Gasteiger charge is 2.42. The summed E-state index contributed by atoms with van der Waals surface area (Å²) >= 11 is 2.44. The van der Waals surface area contributed by atoms with Gasteiger partial charge in [0.25, 0.3) is 0 Å². The average molecular weight is 547 g/mol. The van der Waals surface area contributed by atoms with Gasteiger partial charge >= 0.3 is 0 Å². The number of aromatic nitrogens is 2. The second-order valence-electron chi connectivity index (χ2n) is 8.84. The predicted molar refractivity (Wildman–Crippen MR) is 145 cm³/mol. The minimum absolute atomic E-state index is 0.0890. The zero-order valence-electron chi connectivity index (χ0n) is 20.4. The summed E-state index contributed by atoms with van der Waals surface area (Å²) in [6.07, 6.45) is 1.43. The lowest BCUT2D eigenvalue weighted by Gasteiger charge is -2.38. The molecule has 8 nitrogen and oxygen atoms in total. The van der Waals surface area contributed by atoms with Crippen LogP contribution >= 0.6 is 23.1 Å². The summed E-state index contributed by atoms with van der Waals surface area (Å²) in [5.41, 5.74) is 9.52. The van der Waals surface area contributed by atoms with Crippen LogP contribution in [0, 0.1) is 24.1 Å². The molecule has 38 heavy (non-hydrogen) atoms.